The van der Waals surface area contributed by atoms with E-state index in [1.54, 1.807) is 6.20 Å². The van der Waals surface area contributed by atoms with Crippen LogP contribution in [-0.2, 0) is 0 Å². The van der Waals surface area contributed by atoms with E-state index in [-0.39, 0.29) is 12.0 Å². The van der Waals surface area contributed by atoms with Crippen molar-refractivity contribution in [1.82, 2.24) is 9.97 Å². The molecule has 0 radical (unpaired) electrons. The van der Waals surface area contributed by atoms with Gasteiger partial charge in [-0.2, -0.15) is 0 Å². The summed E-state index contributed by atoms with van der Waals surface area (Å²) >= 11 is 0. The molecular weight excluding hydrogens is 226 g/mol. The summed E-state index contributed by atoms with van der Waals surface area (Å²) in [6.45, 7) is 7.75. The number of allylic oxidation sites excluding steroid dienone is 1. The maximum Gasteiger partial charge on any atom is 0.132 e. The van der Waals surface area contributed by atoms with Gasteiger partial charge in [0.2, 0.25) is 0 Å². The van der Waals surface area contributed by atoms with Gasteiger partial charge >= 0.3 is 0 Å². The Kier molecular flexibility index (Phi) is 3.97. The monoisotopic (exact) mass is 247 g/mol. The maximum atomic E-state index is 9.68. The molecule has 1 aromatic heterocycles. The topological polar surface area (TPSA) is 49.2 Å². The Labute approximate surface area is 108 Å². The van der Waals surface area contributed by atoms with Crippen LogP contribution in [0.5, 0.6) is 0 Å². The number of anilines is 1. The van der Waals surface area contributed by atoms with Crippen molar-refractivity contribution in [2.45, 2.75) is 26.2 Å². The third kappa shape index (κ3) is 2.70. The van der Waals surface area contributed by atoms with Crippen LogP contribution in [0.15, 0.2) is 24.9 Å². The minimum absolute atomic E-state index is 0.0567. The minimum atomic E-state index is -0.0567. The van der Waals surface area contributed by atoms with Crippen LogP contribution < -0.4 is 4.90 Å². The highest BCUT2D eigenvalue weighted by molar-refractivity contribution is 5.38. The summed E-state index contributed by atoms with van der Waals surface area (Å²) in [5, 5.41) is 9.68. The molecule has 2 rings (SSSR count). The van der Waals surface area contributed by atoms with E-state index in [4.69, 9.17) is 0 Å². The molecule has 0 saturated carbocycles. The molecule has 1 aliphatic rings. The Morgan fingerprint density at radius 2 is 2.44 bits per heavy atom. The number of aryl methyl sites for hydroxylation is 1. The lowest BCUT2D eigenvalue weighted by molar-refractivity contribution is 0.108. The number of piperidine rings is 1. The molecule has 98 valence electrons. The van der Waals surface area contributed by atoms with Gasteiger partial charge in [-0.15, -0.1) is 6.58 Å². The molecule has 18 heavy (non-hydrogen) atoms. The van der Waals surface area contributed by atoms with Crippen molar-refractivity contribution in [1.29, 1.82) is 0 Å². The fourth-order valence-corrected chi connectivity index (χ4v) is 2.69. The third-order valence-electron chi connectivity index (χ3n) is 3.66. The average Bonchev–Trinajstić information content (AvgIpc) is 2.39. The smallest absolute Gasteiger partial charge is 0.132 e. The zero-order valence-corrected chi connectivity index (χ0v) is 11.0. The maximum absolute atomic E-state index is 9.68. The molecule has 0 spiro atoms. The van der Waals surface area contributed by atoms with E-state index in [0.29, 0.717) is 0 Å². The third-order valence-corrected chi connectivity index (χ3v) is 3.66. The lowest BCUT2D eigenvalue weighted by Gasteiger charge is -2.42. The second kappa shape index (κ2) is 5.48. The molecule has 1 fully saturated rings. The van der Waals surface area contributed by atoms with Gasteiger partial charge < -0.3 is 10.0 Å². The van der Waals surface area contributed by atoms with Crippen LogP contribution in [0.2, 0.25) is 0 Å². The first kappa shape index (κ1) is 13.0. The highest BCUT2D eigenvalue weighted by atomic mass is 16.3. The van der Waals surface area contributed by atoms with E-state index in [9.17, 15) is 5.11 Å². The van der Waals surface area contributed by atoms with Crippen LogP contribution in [0, 0.1) is 12.3 Å². The summed E-state index contributed by atoms with van der Waals surface area (Å²) in [5.41, 5.74) is -0.0567. The number of hydrogen-bond donors (Lipinski definition) is 1. The molecule has 0 bridgehead atoms. The van der Waals surface area contributed by atoms with Crippen LogP contribution in [-0.4, -0.2) is 34.8 Å². The molecule has 1 atom stereocenters. The first-order chi connectivity index (χ1) is 8.69. The summed E-state index contributed by atoms with van der Waals surface area (Å²) in [6, 6.07) is 1.94. The van der Waals surface area contributed by atoms with E-state index < -0.39 is 0 Å². The summed E-state index contributed by atoms with van der Waals surface area (Å²) in [7, 11) is 0. The highest BCUT2D eigenvalue weighted by Crippen LogP contribution is 2.34. The van der Waals surface area contributed by atoms with Crippen molar-refractivity contribution >= 4 is 5.82 Å². The van der Waals surface area contributed by atoms with Gasteiger partial charge in [0, 0.05) is 24.7 Å². The van der Waals surface area contributed by atoms with Gasteiger partial charge in [0.25, 0.3) is 0 Å². The molecule has 0 unspecified atom stereocenters. The summed E-state index contributed by atoms with van der Waals surface area (Å²) in [6.07, 6.45) is 6.68. The second-order valence-corrected chi connectivity index (χ2v) is 5.14. The van der Waals surface area contributed by atoms with Crippen molar-refractivity contribution in [3.05, 3.63) is 30.7 Å². The minimum Gasteiger partial charge on any atom is -0.396 e. The van der Waals surface area contributed by atoms with Gasteiger partial charge in [0.1, 0.15) is 11.6 Å². The van der Waals surface area contributed by atoms with Gasteiger partial charge in [-0.05, 0) is 32.3 Å². The predicted octanol–water partition coefficient (Wildman–Crippen LogP) is 1.94. The van der Waals surface area contributed by atoms with E-state index in [1.165, 1.54) is 0 Å². The Bertz CT molecular complexity index is 421. The summed E-state index contributed by atoms with van der Waals surface area (Å²) < 4.78 is 0. The predicted molar refractivity (Wildman–Crippen MR) is 72.5 cm³/mol. The number of aliphatic hydroxyl groups is 1. The first-order valence-electron chi connectivity index (χ1n) is 6.45. The van der Waals surface area contributed by atoms with Crippen LogP contribution in [0.25, 0.3) is 0 Å². The van der Waals surface area contributed by atoms with Crippen LogP contribution >= 0.6 is 0 Å². The van der Waals surface area contributed by atoms with Crippen LogP contribution in [0.3, 0.4) is 0 Å². The zero-order valence-electron chi connectivity index (χ0n) is 11.0. The fourth-order valence-electron chi connectivity index (χ4n) is 2.69. The summed E-state index contributed by atoms with van der Waals surface area (Å²) in [5.74, 6) is 1.75. The number of nitrogens with zero attached hydrogens (tertiary/aromatic N) is 3. The Balaban J connectivity index is 2.17. The van der Waals surface area contributed by atoms with Crippen molar-refractivity contribution in [2.75, 3.05) is 24.6 Å². The fraction of sp³-hybridized carbons (Fsp3) is 0.571. The molecule has 1 aliphatic heterocycles. The lowest BCUT2D eigenvalue weighted by Crippen LogP contribution is -2.45. The van der Waals surface area contributed by atoms with Crippen molar-refractivity contribution in [3.8, 4) is 0 Å². The van der Waals surface area contributed by atoms with Crippen molar-refractivity contribution < 1.29 is 5.11 Å². The molecule has 1 N–H and O–H groups in total. The Morgan fingerprint density at radius 1 is 1.61 bits per heavy atom. The van der Waals surface area contributed by atoms with Crippen LogP contribution in [0.4, 0.5) is 5.82 Å². The standard InChI is InChI=1S/C14H21N3O/c1-3-6-14(11-18)7-4-9-17(10-14)13-5-8-15-12(2)16-13/h3,5,8,18H,1,4,6-7,9-11H2,2H3/t14-/m0/s1. The van der Waals surface area contributed by atoms with E-state index in [0.717, 1.165) is 44.0 Å². The number of aromatic nitrogens is 2. The number of aliphatic hydroxyl groups excluding tert-OH is 1. The van der Waals surface area contributed by atoms with Gasteiger partial charge in [0.05, 0.1) is 6.61 Å². The quantitative estimate of drug-likeness (QED) is 0.826. The van der Waals surface area contributed by atoms with E-state index >= 15 is 0 Å². The highest BCUT2D eigenvalue weighted by Gasteiger charge is 2.34. The molecule has 4 nitrogen and oxygen atoms in total. The molecule has 0 amide bonds. The normalized spacial score (nSPS) is 24.0. The molecule has 0 aromatic carbocycles. The van der Waals surface area contributed by atoms with E-state index in [2.05, 4.69) is 21.4 Å². The number of hydrogen-bond acceptors (Lipinski definition) is 4. The van der Waals surface area contributed by atoms with Crippen LogP contribution in [0.1, 0.15) is 25.1 Å². The lowest BCUT2D eigenvalue weighted by atomic mass is 9.78. The first-order valence-corrected chi connectivity index (χ1v) is 6.45. The summed E-state index contributed by atoms with van der Waals surface area (Å²) in [4.78, 5) is 10.8. The van der Waals surface area contributed by atoms with Gasteiger partial charge in [-0.3, -0.25) is 0 Å². The average molecular weight is 247 g/mol. The largest absolute Gasteiger partial charge is 0.396 e. The van der Waals surface area contributed by atoms with Crippen molar-refractivity contribution in [2.24, 2.45) is 5.41 Å². The molecule has 1 saturated heterocycles. The Hall–Kier alpha value is -1.42. The van der Waals surface area contributed by atoms with Gasteiger partial charge in [-0.1, -0.05) is 6.08 Å². The SMILES string of the molecule is C=CC[C@]1(CO)CCCN(c2ccnc(C)n2)C1. The zero-order chi connectivity index (χ0) is 13.0. The van der Waals surface area contributed by atoms with Gasteiger partial charge in [0.15, 0.2) is 0 Å². The molecular formula is C14H21N3O. The van der Waals surface area contributed by atoms with E-state index in [1.807, 2.05) is 19.1 Å². The molecule has 4 heteroatoms. The molecule has 2 heterocycles. The Morgan fingerprint density at radius 3 is 3.11 bits per heavy atom. The molecule has 1 aromatic rings. The second-order valence-electron chi connectivity index (χ2n) is 5.14. The van der Waals surface area contributed by atoms with Crippen molar-refractivity contribution in [3.63, 3.8) is 0 Å². The van der Waals surface area contributed by atoms with Gasteiger partial charge in [-0.25, -0.2) is 9.97 Å². The number of rotatable bonds is 4. The molecule has 0 aliphatic carbocycles.